The summed E-state index contributed by atoms with van der Waals surface area (Å²) < 4.78 is 6.04. The molecule has 5 rings (SSSR count). The van der Waals surface area contributed by atoms with Crippen LogP contribution in [0.2, 0.25) is 0 Å². The molecule has 3 heteroatoms. The summed E-state index contributed by atoms with van der Waals surface area (Å²) in [6.07, 6.45) is 0.853. The quantitative estimate of drug-likeness (QED) is 0.640. The topological polar surface area (TPSA) is 32.7 Å². The highest BCUT2D eigenvalue weighted by atomic mass is 16.6. The third-order valence-electron chi connectivity index (χ3n) is 6.73. The molecule has 3 nitrogen and oxygen atoms in total. The van der Waals surface area contributed by atoms with Crippen LogP contribution in [0.4, 0.5) is 0 Å². The van der Waals surface area contributed by atoms with Gasteiger partial charge in [-0.2, -0.15) is 0 Å². The lowest BCUT2D eigenvalue weighted by Gasteiger charge is -2.45. The Morgan fingerprint density at radius 3 is 2.00 bits per heavy atom. The fourth-order valence-corrected chi connectivity index (χ4v) is 5.48. The first kappa shape index (κ1) is 19.5. The fraction of sp³-hybridized carbons (Fsp3) is 0.333. The van der Waals surface area contributed by atoms with Crippen molar-refractivity contribution in [1.82, 2.24) is 4.90 Å². The fourth-order valence-electron chi connectivity index (χ4n) is 5.48. The number of hydrogen-bond acceptors (Lipinski definition) is 3. The molecule has 0 amide bonds. The van der Waals surface area contributed by atoms with Gasteiger partial charge in [0.1, 0.15) is 12.3 Å². The van der Waals surface area contributed by atoms with Gasteiger partial charge in [-0.05, 0) is 47.1 Å². The first-order valence-electron chi connectivity index (χ1n) is 10.8. The van der Waals surface area contributed by atoms with Crippen LogP contribution in [0.1, 0.15) is 43.9 Å². The summed E-state index contributed by atoms with van der Waals surface area (Å²) in [7, 11) is 0. The van der Waals surface area contributed by atoms with Crippen molar-refractivity contribution in [3.05, 3.63) is 95.6 Å². The molecule has 30 heavy (non-hydrogen) atoms. The minimum Gasteiger partial charge on any atom is -0.364 e. The molecule has 1 saturated heterocycles. The predicted molar refractivity (Wildman–Crippen MR) is 120 cm³/mol. The first-order valence-corrected chi connectivity index (χ1v) is 10.8. The van der Waals surface area contributed by atoms with Gasteiger partial charge in [-0.25, -0.2) is 0 Å². The van der Waals surface area contributed by atoms with Crippen molar-refractivity contribution >= 4 is 0 Å². The summed E-state index contributed by atoms with van der Waals surface area (Å²) in [6.45, 7) is 6.60. The average molecular weight is 400 g/mol. The molecule has 1 unspecified atom stereocenters. The van der Waals surface area contributed by atoms with E-state index in [1.807, 2.05) is 6.92 Å². The van der Waals surface area contributed by atoms with Crippen LogP contribution in [0.5, 0.6) is 0 Å². The van der Waals surface area contributed by atoms with Crippen molar-refractivity contribution in [2.24, 2.45) is 5.92 Å². The van der Waals surface area contributed by atoms with Gasteiger partial charge in [0.05, 0.1) is 6.04 Å². The van der Waals surface area contributed by atoms with E-state index in [1.54, 1.807) is 0 Å². The van der Waals surface area contributed by atoms with Crippen molar-refractivity contribution in [2.75, 3.05) is 6.73 Å². The molecule has 2 atom stereocenters. The van der Waals surface area contributed by atoms with E-state index in [9.17, 15) is 5.11 Å². The molecule has 1 fully saturated rings. The lowest BCUT2D eigenvalue weighted by Crippen LogP contribution is -2.54. The van der Waals surface area contributed by atoms with Crippen LogP contribution in [0.15, 0.2) is 78.9 Å². The maximum atomic E-state index is 11.2. The molecular formula is C27H29NO2. The van der Waals surface area contributed by atoms with Crippen molar-refractivity contribution in [3.63, 3.8) is 0 Å². The Bertz CT molecular complexity index is 1010. The molecule has 154 valence electrons. The zero-order valence-corrected chi connectivity index (χ0v) is 17.9. The molecular weight excluding hydrogens is 370 g/mol. The normalized spacial score (nSPS) is 24.8. The summed E-state index contributed by atoms with van der Waals surface area (Å²) in [5, 5.41) is 11.2. The smallest absolute Gasteiger partial charge is 0.180 e. The highest BCUT2D eigenvalue weighted by molar-refractivity contribution is 5.83. The zero-order valence-electron chi connectivity index (χ0n) is 17.9. The number of rotatable bonds is 4. The van der Waals surface area contributed by atoms with Gasteiger partial charge in [0.15, 0.2) is 5.79 Å². The standard InChI is InChI=1S/C27H29NO2/c1-19(2)17-25-26(3,29)30-18-28(25)27(20-11-5-4-6-12-20)23-15-9-7-13-21(23)22-14-8-10-16-24(22)27/h4-16,19,25,29H,17-18H2,1-3H3/t25-,26?/m0/s1. The number of hydrogen-bond donors (Lipinski definition) is 1. The maximum Gasteiger partial charge on any atom is 0.180 e. The Labute approximate surface area is 178 Å². The molecule has 3 aromatic rings. The monoisotopic (exact) mass is 399 g/mol. The molecule has 1 N–H and O–H groups in total. The predicted octanol–water partition coefficient (Wildman–Crippen LogP) is 5.37. The third kappa shape index (κ3) is 2.70. The van der Waals surface area contributed by atoms with Crippen LogP contribution in [0.3, 0.4) is 0 Å². The second kappa shape index (κ2) is 7.05. The SMILES string of the molecule is CC(C)C[C@@H]1N(C2(c3ccccc3)c3ccccc3-c3ccccc32)COC1(C)O. The number of benzene rings is 3. The van der Waals surface area contributed by atoms with Gasteiger partial charge < -0.3 is 9.84 Å². The molecule has 0 saturated carbocycles. The lowest BCUT2D eigenvalue weighted by atomic mass is 9.77. The summed E-state index contributed by atoms with van der Waals surface area (Å²) in [6, 6.07) is 27.9. The number of fused-ring (bicyclic) bond motifs is 3. The second-order valence-electron chi connectivity index (χ2n) is 9.11. The van der Waals surface area contributed by atoms with Crippen molar-refractivity contribution in [3.8, 4) is 11.1 Å². The Kier molecular flexibility index (Phi) is 4.59. The van der Waals surface area contributed by atoms with E-state index in [0.29, 0.717) is 12.6 Å². The van der Waals surface area contributed by atoms with E-state index in [4.69, 9.17) is 4.74 Å². The van der Waals surface area contributed by atoms with Crippen LogP contribution in [0, 0.1) is 5.92 Å². The van der Waals surface area contributed by atoms with E-state index in [1.165, 1.54) is 27.8 Å². The molecule has 0 bridgehead atoms. The Morgan fingerprint density at radius 1 is 0.900 bits per heavy atom. The summed E-state index contributed by atoms with van der Waals surface area (Å²) in [5.74, 6) is -0.760. The first-order chi connectivity index (χ1) is 14.5. The van der Waals surface area contributed by atoms with Gasteiger partial charge in [-0.1, -0.05) is 92.7 Å². The number of nitrogens with zero attached hydrogens (tertiary/aromatic N) is 1. The van der Waals surface area contributed by atoms with Crippen molar-refractivity contribution < 1.29 is 9.84 Å². The molecule has 3 aromatic carbocycles. The molecule has 2 aliphatic rings. The van der Waals surface area contributed by atoms with E-state index in [0.717, 1.165) is 6.42 Å². The van der Waals surface area contributed by atoms with E-state index in [-0.39, 0.29) is 6.04 Å². The minimum atomic E-state index is -1.20. The van der Waals surface area contributed by atoms with Crippen molar-refractivity contribution in [1.29, 1.82) is 0 Å². The summed E-state index contributed by atoms with van der Waals surface area (Å²) in [4.78, 5) is 2.40. The third-order valence-corrected chi connectivity index (χ3v) is 6.73. The van der Waals surface area contributed by atoms with Crippen molar-refractivity contribution in [2.45, 2.75) is 44.6 Å². The Balaban J connectivity index is 1.84. The van der Waals surface area contributed by atoms with Crippen LogP contribution in [-0.2, 0) is 10.3 Å². The van der Waals surface area contributed by atoms with Crippen LogP contribution in [0.25, 0.3) is 11.1 Å². The van der Waals surface area contributed by atoms with Crippen LogP contribution < -0.4 is 0 Å². The van der Waals surface area contributed by atoms with Gasteiger partial charge in [-0.15, -0.1) is 0 Å². The Hall–Kier alpha value is -2.46. The molecule has 1 heterocycles. The summed E-state index contributed by atoms with van der Waals surface area (Å²) in [5.41, 5.74) is 5.73. The number of aliphatic hydroxyl groups is 1. The second-order valence-corrected chi connectivity index (χ2v) is 9.11. The summed E-state index contributed by atoms with van der Waals surface area (Å²) >= 11 is 0. The van der Waals surface area contributed by atoms with Gasteiger partial charge in [0.2, 0.25) is 0 Å². The Morgan fingerprint density at radius 2 is 1.43 bits per heavy atom. The van der Waals surface area contributed by atoms with Gasteiger partial charge >= 0.3 is 0 Å². The zero-order chi connectivity index (χ0) is 20.9. The number of ether oxygens (including phenoxy) is 1. The molecule has 0 radical (unpaired) electrons. The largest absolute Gasteiger partial charge is 0.364 e. The van der Waals surface area contributed by atoms with Crippen LogP contribution in [-0.4, -0.2) is 28.6 Å². The van der Waals surface area contributed by atoms with Crippen LogP contribution >= 0.6 is 0 Å². The minimum absolute atomic E-state index is 0.128. The van der Waals surface area contributed by atoms with Gasteiger partial charge in [0, 0.05) is 0 Å². The lowest BCUT2D eigenvalue weighted by molar-refractivity contribution is -0.165. The van der Waals surface area contributed by atoms with Gasteiger partial charge in [-0.3, -0.25) is 4.90 Å². The molecule has 1 aliphatic heterocycles. The highest BCUT2D eigenvalue weighted by Crippen LogP contribution is 2.56. The molecule has 0 spiro atoms. The molecule has 0 aromatic heterocycles. The average Bonchev–Trinajstić information content (AvgIpc) is 3.21. The van der Waals surface area contributed by atoms with E-state index < -0.39 is 11.3 Å². The maximum absolute atomic E-state index is 11.2. The van der Waals surface area contributed by atoms with E-state index in [2.05, 4.69) is 97.6 Å². The highest BCUT2D eigenvalue weighted by Gasteiger charge is 2.57. The van der Waals surface area contributed by atoms with E-state index >= 15 is 0 Å². The van der Waals surface area contributed by atoms with Gasteiger partial charge in [0.25, 0.3) is 0 Å². The molecule has 1 aliphatic carbocycles.